The molecular formula is C17H27FN4O2. The maximum atomic E-state index is 12.8. The molecule has 134 valence electrons. The molecular weight excluding hydrogens is 311 g/mol. The molecule has 0 aliphatic heterocycles. The van der Waals surface area contributed by atoms with E-state index in [1.807, 2.05) is 25.8 Å². The highest BCUT2D eigenvalue weighted by Crippen LogP contribution is 2.05. The molecule has 0 bridgehead atoms. The Labute approximate surface area is 142 Å². The van der Waals surface area contributed by atoms with Crippen molar-refractivity contribution in [2.45, 2.75) is 26.4 Å². The van der Waals surface area contributed by atoms with Gasteiger partial charge in [0.2, 0.25) is 11.8 Å². The first-order chi connectivity index (χ1) is 11.3. The Kier molecular flexibility index (Phi) is 8.35. The number of benzene rings is 1. The van der Waals surface area contributed by atoms with Crippen molar-refractivity contribution < 1.29 is 14.0 Å². The van der Waals surface area contributed by atoms with Gasteiger partial charge in [-0.15, -0.1) is 0 Å². The Bertz CT molecular complexity index is 534. The van der Waals surface area contributed by atoms with E-state index in [1.54, 1.807) is 12.1 Å². The molecule has 4 N–H and O–H groups in total. The molecule has 1 rings (SSSR count). The van der Waals surface area contributed by atoms with E-state index in [9.17, 15) is 14.0 Å². The van der Waals surface area contributed by atoms with Gasteiger partial charge in [0.25, 0.3) is 0 Å². The lowest BCUT2D eigenvalue weighted by Gasteiger charge is -2.18. The predicted molar refractivity (Wildman–Crippen MR) is 91.6 cm³/mol. The molecule has 6 nitrogen and oxygen atoms in total. The zero-order valence-corrected chi connectivity index (χ0v) is 14.5. The first kappa shape index (κ1) is 20.1. The first-order valence-corrected chi connectivity index (χ1v) is 8.02. The number of carbonyl (C=O) groups excluding carboxylic acids is 2. The quantitative estimate of drug-likeness (QED) is 0.611. The van der Waals surface area contributed by atoms with Gasteiger partial charge in [-0.25, -0.2) is 4.39 Å². The molecule has 0 heterocycles. The summed E-state index contributed by atoms with van der Waals surface area (Å²) in [6.45, 7) is 5.38. The van der Waals surface area contributed by atoms with Gasteiger partial charge in [0.05, 0.1) is 12.6 Å². The lowest BCUT2D eigenvalue weighted by Crippen LogP contribution is -2.47. The fraction of sp³-hybridized carbons (Fsp3) is 0.529. The number of nitrogens with two attached hydrogens (primary N) is 1. The van der Waals surface area contributed by atoms with E-state index >= 15 is 0 Å². The van der Waals surface area contributed by atoms with Crippen LogP contribution in [0.2, 0.25) is 0 Å². The second kappa shape index (κ2) is 10.00. The summed E-state index contributed by atoms with van der Waals surface area (Å²) in [6, 6.07) is 5.71. The second-order valence-corrected chi connectivity index (χ2v) is 6.20. The summed E-state index contributed by atoms with van der Waals surface area (Å²) in [6.07, 6.45) is 0. The van der Waals surface area contributed by atoms with Crippen LogP contribution in [-0.2, 0) is 16.1 Å². The van der Waals surface area contributed by atoms with Gasteiger partial charge >= 0.3 is 0 Å². The number of nitrogens with zero attached hydrogens (tertiary/aromatic N) is 1. The summed E-state index contributed by atoms with van der Waals surface area (Å²) >= 11 is 0. The van der Waals surface area contributed by atoms with Crippen LogP contribution in [0.25, 0.3) is 0 Å². The normalized spacial score (nSPS) is 12.3. The Hall–Kier alpha value is -1.99. The van der Waals surface area contributed by atoms with E-state index in [-0.39, 0.29) is 30.1 Å². The summed E-state index contributed by atoms with van der Waals surface area (Å²) in [5.74, 6) is -0.816. The van der Waals surface area contributed by atoms with Gasteiger partial charge in [0.1, 0.15) is 5.82 Å². The van der Waals surface area contributed by atoms with Crippen LogP contribution in [0, 0.1) is 11.7 Å². The van der Waals surface area contributed by atoms with Gasteiger partial charge in [0.15, 0.2) is 0 Å². The summed E-state index contributed by atoms with van der Waals surface area (Å²) in [5, 5.41) is 5.26. The van der Waals surface area contributed by atoms with Gasteiger partial charge < -0.3 is 21.3 Å². The Morgan fingerprint density at radius 1 is 1.21 bits per heavy atom. The molecule has 7 heteroatoms. The van der Waals surface area contributed by atoms with Crippen molar-refractivity contribution in [3.05, 3.63) is 35.6 Å². The minimum Gasteiger partial charge on any atom is -0.353 e. The Morgan fingerprint density at radius 2 is 1.83 bits per heavy atom. The molecule has 0 aliphatic carbocycles. The Balaban J connectivity index is 2.20. The summed E-state index contributed by atoms with van der Waals surface area (Å²) in [4.78, 5) is 25.4. The van der Waals surface area contributed by atoms with E-state index in [1.165, 1.54) is 12.1 Å². The Morgan fingerprint density at radius 3 is 2.42 bits per heavy atom. The van der Waals surface area contributed by atoms with Crippen LogP contribution in [0.15, 0.2) is 24.3 Å². The number of halogens is 1. The van der Waals surface area contributed by atoms with E-state index in [2.05, 4.69) is 10.6 Å². The highest BCUT2D eigenvalue weighted by Gasteiger charge is 2.17. The highest BCUT2D eigenvalue weighted by atomic mass is 19.1. The smallest absolute Gasteiger partial charge is 0.239 e. The average Bonchev–Trinajstić information content (AvgIpc) is 2.53. The molecule has 0 aliphatic rings. The SMILES string of the molecule is CC(C)[C@H](N)C(=O)NCC(=O)NCCN(C)Cc1ccc(F)cc1. The third-order valence-corrected chi connectivity index (χ3v) is 3.63. The van der Waals surface area contributed by atoms with Crippen molar-refractivity contribution in [3.63, 3.8) is 0 Å². The minimum atomic E-state index is -0.611. The number of hydrogen-bond donors (Lipinski definition) is 3. The minimum absolute atomic E-state index is 0.0215. The van der Waals surface area contributed by atoms with Crippen molar-refractivity contribution in [1.29, 1.82) is 0 Å². The van der Waals surface area contributed by atoms with Crippen molar-refractivity contribution in [2.75, 3.05) is 26.7 Å². The van der Waals surface area contributed by atoms with Gasteiger partial charge in [-0.2, -0.15) is 0 Å². The molecule has 2 amide bonds. The molecule has 0 aromatic heterocycles. The zero-order valence-electron chi connectivity index (χ0n) is 14.5. The summed E-state index contributed by atoms with van der Waals surface area (Å²) in [7, 11) is 1.92. The third-order valence-electron chi connectivity index (χ3n) is 3.63. The van der Waals surface area contributed by atoms with Crippen LogP contribution < -0.4 is 16.4 Å². The standard InChI is InChI=1S/C17H27FN4O2/c1-12(2)16(19)17(24)21-10-15(23)20-8-9-22(3)11-13-4-6-14(18)7-5-13/h4-7,12,16H,8-11,19H2,1-3H3,(H,20,23)(H,21,24)/t16-/m0/s1. The average molecular weight is 338 g/mol. The zero-order chi connectivity index (χ0) is 18.1. The lowest BCUT2D eigenvalue weighted by molar-refractivity contribution is -0.127. The van der Waals surface area contributed by atoms with Crippen LogP contribution in [0.3, 0.4) is 0 Å². The fourth-order valence-electron chi connectivity index (χ4n) is 2.02. The summed E-state index contributed by atoms with van der Waals surface area (Å²) in [5.41, 5.74) is 6.69. The fourth-order valence-corrected chi connectivity index (χ4v) is 2.02. The lowest BCUT2D eigenvalue weighted by atomic mass is 10.1. The maximum Gasteiger partial charge on any atom is 0.239 e. The molecule has 0 radical (unpaired) electrons. The van der Waals surface area contributed by atoms with E-state index in [4.69, 9.17) is 5.73 Å². The molecule has 24 heavy (non-hydrogen) atoms. The van der Waals surface area contributed by atoms with Gasteiger partial charge in [-0.05, 0) is 30.7 Å². The van der Waals surface area contributed by atoms with Crippen molar-refractivity contribution in [3.8, 4) is 0 Å². The molecule has 1 aromatic rings. The van der Waals surface area contributed by atoms with E-state index in [0.29, 0.717) is 19.6 Å². The number of likely N-dealkylation sites (N-methyl/N-ethyl adjacent to an activating group) is 1. The third kappa shape index (κ3) is 7.52. The van der Waals surface area contributed by atoms with Gasteiger partial charge in [0, 0.05) is 19.6 Å². The number of amides is 2. The number of rotatable bonds is 9. The van der Waals surface area contributed by atoms with Crippen molar-refractivity contribution in [1.82, 2.24) is 15.5 Å². The molecule has 0 saturated heterocycles. The monoisotopic (exact) mass is 338 g/mol. The van der Waals surface area contributed by atoms with Crippen molar-refractivity contribution in [2.24, 2.45) is 11.7 Å². The number of nitrogens with one attached hydrogen (secondary N) is 2. The van der Waals surface area contributed by atoms with Crippen LogP contribution in [-0.4, -0.2) is 49.4 Å². The van der Waals surface area contributed by atoms with Crippen LogP contribution >= 0.6 is 0 Å². The second-order valence-electron chi connectivity index (χ2n) is 6.20. The van der Waals surface area contributed by atoms with Gasteiger partial charge in [-0.3, -0.25) is 9.59 Å². The molecule has 1 aromatic carbocycles. The predicted octanol–water partition coefficient (Wildman–Crippen LogP) is 0.473. The molecule has 1 atom stereocenters. The topological polar surface area (TPSA) is 87.5 Å². The molecule has 0 spiro atoms. The number of carbonyl (C=O) groups is 2. The maximum absolute atomic E-state index is 12.8. The summed E-state index contributed by atoms with van der Waals surface area (Å²) < 4.78 is 12.8. The van der Waals surface area contributed by atoms with Crippen LogP contribution in [0.1, 0.15) is 19.4 Å². The van der Waals surface area contributed by atoms with E-state index < -0.39 is 6.04 Å². The van der Waals surface area contributed by atoms with E-state index in [0.717, 1.165) is 5.56 Å². The highest BCUT2D eigenvalue weighted by molar-refractivity contribution is 5.87. The van der Waals surface area contributed by atoms with Crippen LogP contribution in [0.4, 0.5) is 4.39 Å². The molecule has 0 saturated carbocycles. The number of hydrogen-bond acceptors (Lipinski definition) is 4. The largest absolute Gasteiger partial charge is 0.353 e. The van der Waals surface area contributed by atoms with Crippen LogP contribution in [0.5, 0.6) is 0 Å². The van der Waals surface area contributed by atoms with Crippen molar-refractivity contribution >= 4 is 11.8 Å². The molecule has 0 unspecified atom stereocenters. The first-order valence-electron chi connectivity index (χ1n) is 8.02. The molecule has 0 fully saturated rings. The van der Waals surface area contributed by atoms with Gasteiger partial charge in [-0.1, -0.05) is 26.0 Å².